The van der Waals surface area contributed by atoms with Gasteiger partial charge >= 0.3 is 0 Å². The Balaban J connectivity index is 1.78. The van der Waals surface area contributed by atoms with Crippen molar-refractivity contribution in [1.82, 2.24) is 24.8 Å². The molecule has 2 heterocycles. The van der Waals surface area contributed by atoms with E-state index in [2.05, 4.69) is 20.3 Å². The molecule has 0 saturated heterocycles. The summed E-state index contributed by atoms with van der Waals surface area (Å²) in [7, 11) is 0. The van der Waals surface area contributed by atoms with Gasteiger partial charge in [-0.05, 0) is 18.6 Å². The number of carbonyl (C=O) groups is 1. The van der Waals surface area contributed by atoms with E-state index in [1.165, 1.54) is 12.5 Å². The van der Waals surface area contributed by atoms with E-state index in [9.17, 15) is 4.79 Å². The van der Waals surface area contributed by atoms with Gasteiger partial charge in [-0.3, -0.25) is 4.79 Å². The summed E-state index contributed by atoms with van der Waals surface area (Å²) in [5.74, 6) is -0.182. The quantitative estimate of drug-likeness (QED) is 0.797. The van der Waals surface area contributed by atoms with Gasteiger partial charge in [0.05, 0.1) is 23.3 Å². The SMILES string of the molecule is Cc1ncncc1C(=O)NCc1ccccc1-n1ccnc1. The summed E-state index contributed by atoms with van der Waals surface area (Å²) in [6.07, 6.45) is 8.28. The molecular weight excluding hydrogens is 278 g/mol. The molecule has 2 aromatic heterocycles. The van der Waals surface area contributed by atoms with Gasteiger partial charge in [0.15, 0.2) is 0 Å². The first kappa shape index (κ1) is 13.9. The average Bonchev–Trinajstić information content (AvgIpc) is 3.07. The van der Waals surface area contributed by atoms with Crippen molar-refractivity contribution in [2.75, 3.05) is 0 Å². The van der Waals surface area contributed by atoms with Crippen molar-refractivity contribution in [2.24, 2.45) is 0 Å². The molecule has 0 atom stereocenters. The Morgan fingerprint density at radius 3 is 2.91 bits per heavy atom. The van der Waals surface area contributed by atoms with E-state index in [0.717, 1.165) is 11.3 Å². The molecule has 110 valence electrons. The van der Waals surface area contributed by atoms with E-state index >= 15 is 0 Å². The molecule has 0 fully saturated rings. The Kier molecular flexibility index (Phi) is 3.91. The molecule has 1 aromatic carbocycles. The van der Waals surface area contributed by atoms with Crippen LogP contribution in [0.25, 0.3) is 5.69 Å². The van der Waals surface area contributed by atoms with Gasteiger partial charge in [0.2, 0.25) is 0 Å². The summed E-state index contributed by atoms with van der Waals surface area (Å²) in [6, 6.07) is 7.86. The minimum absolute atomic E-state index is 0.182. The van der Waals surface area contributed by atoms with Crippen LogP contribution in [0, 0.1) is 6.92 Å². The Hall–Kier alpha value is -3.02. The van der Waals surface area contributed by atoms with Gasteiger partial charge in [0.25, 0.3) is 5.91 Å². The molecule has 3 aromatic rings. The van der Waals surface area contributed by atoms with Crippen molar-refractivity contribution in [3.8, 4) is 5.69 Å². The van der Waals surface area contributed by atoms with Crippen LogP contribution in [-0.2, 0) is 6.54 Å². The minimum atomic E-state index is -0.182. The molecule has 1 N–H and O–H groups in total. The molecule has 22 heavy (non-hydrogen) atoms. The second-order valence-corrected chi connectivity index (χ2v) is 4.80. The van der Waals surface area contributed by atoms with Crippen molar-refractivity contribution in [1.29, 1.82) is 0 Å². The first-order valence-electron chi connectivity index (χ1n) is 6.87. The van der Waals surface area contributed by atoms with Crippen LogP contribution in [0.15, 0.2) is 55.5 Å². The highest BCUT2D eigenvalue weighted by molar-refractivity contribution is 5.94. The highest BCUT2D eigenvalue weighted by Gasteiger charge is 2.11. The van der Waals surface area contributed by atoms with Crippen molar-refractivity contribution < 1.29 is 4.79 Å². The van der Waals surface area contributed by atoms with Crippen LogP contribution in [0.4, 0.5) is 0 Å². The maximum absolute atomic E-state index is 12.2. The average molecular weight is 293 g/mol. The van der Waals surface area contributed by atoms with Gasteiger partial charge in [0, 0.05) is 25.1 Å². The van der Waals surface area contributed by atoms with E-state index in [1.807, 2.05) is 35.0 Å². The maximum atomic E-state index is 12.2. The molecule has 0 spiro atoms. The fourth-order valence-electron chi connectivity index (χ4n) is 2.20. The molecule has 6 heteroatoms. The lowest BCUT2D eigenvalue weighted by Gasteiger charge is -2.11. The molecule has 0 radical (unpaired) electrons. The van der Waals surface area contributed by atoms with E-state index in [0.29, 0.717) is 17.8 Å². The molecule has 0 aliphatic rings. The number of aryl methyl sites for hydroxylation is 1. The highest BCUT2D eigenvalue weighted by atomic mass is 16.1. The lowest BCUT2D eigenvalue weighted by atomic mass is 10.1. The third-order valence-corrected chi connectivity index (χ3v) is 3.37. The standard InChI is InChI=1S/C16H15N5O/c1-12-14(9-18-10-20-12)16(22)19-8-13-4-2-3-5-15(13)21-7-6-17-11-21/h2-7,9-11H,8H2,1H3,(H,19,22). The monoisotopic (exact) mass is 293 g/mol. The van der Waals surface area contributed by atoms with Gasteiger partial charge < -0.3 is 9.88 Å². The van der Waals surface area contributed by atoms with Crippen molar-refractivity contribution in [3.63, 3.8) is 0 Å². The normalized spacial score (nSPS) is 10.4. The van der Waals surface area contributed by atoms with Crippen LogP contribution < -0.4 is 5.32 Å². The molecular formula is C16H15N5O. The molecule has 0 unspecified atom stereocenters. The predicted molar refractivity (Wildman–Crippen MR) is 81.5 cm³/mol. The second kappa shape index (κ2) is 6.17. The largest absolute Gasteiger partial charge is 0.348 e. The zero-order chi connectivity index (χ0) is 15.4. The van der Waals surface area contributed by atoms with E-state index in [1.54, 1.807) is 19.4 Å². The Labute approximate surface area is 127 Å². The van der Waals surface area contributed by atoms with E-state index in [-0.39, 0.29) is 5.91 Å². The first-order valence-corrected chi connectivity index (χ1v) is 6.87. The smallest absolute Gasteiger partial charge is 0.254 e. The number of hydrogen-bond donors (Lipinski definition) is 1. The molecule has 1 amide bonds. The third kappa shape index (κ3) is 2.85. The van der Waals surface area contributed by atoms with Crippen LogP contribution >= 0.6 is 0 Å². The molecule has 3 rings (SSSR count). The van der Waals surface area contributed by atoms with Crippen molar-refractivity contribution >= 4 is 5.91 Å². The van der Waals surface area contributed by atoms with Gasteiger partial charge in [-0.25, -0.2) is 15.0 Å². The van der Waals surface area contributed by atoms with Gasteiger partial charge in [-0.1, -0.05) is 18.2 Å². The summed E-state index contributed by atoms with van der Waals surface area (Å²) in [4.78, 5) is 24.2. The zero-order valence-electron chi connectivity index (χ0n) is 12.1. The number of para-hydroxylation sites is 1. The predicted octanol–water partition coefficient (Wildman–Crippen LogP) is 1.90. The summed E-state index contributed by atoms with van der Waals surface area (Å²) in [5.41, 5.74) is 3.14. The summed E-state index contributed by atoms with van der Waals surface area (Å²) in [5, 5.41) is 2.91. The summed E-state index contributed by atoms with van der Waals surface area (Å²) < 4.78 is 1.92. The van der Waals surface area contributed by atoms with Crippen LogP contribution in [-0.4, -0.2) is 25.4 Å². The van der Waals surface area contributed by atoms with Crippen LogP contribution in [0.3, 0.4) is 0 Å². The number of aromatic nitrogens is 4. The maximum Gasteiger partial charge on any atom is 0.254 e. The molecule has 0 aliphatic heterocycles. The summed E-state index contributed by atoms with van der Waals surface area (Å²) >= 11 is 0. The Morgan fingerprint density at radius 2 is 2.14 bits per heavy atom. The van der Waals surface area contributed by atoms with Crippen molar-refractivity contribution in [2.45, 2.75) is 13.5 Å². The number of rotatable bonds is 4. The third-order valence-electron chi connectivity index (χ3n) is 3.37. The topological polar surface area (TPSA) is 72.7 Å². The Morgan fingerprint density at radius 1 is 1.27 bits per heavy atom. The minimum Gasteiger partial charge on any atom is -0.348 e. The molecule has 0 bridgehead atoms. The lowest BCUT2D eigenvalue weighted by molar-refractivity contribution is 0.0949. The highest BCUT2D eigenvalue weighted by Crippen LogP contribution is 2.14. The zero-order valence-corrected chi connectivity index (χ0v) is 12.1. The van der Waals surface area contributed by atoms with Crippen LogP contribution in [0.5, 0.6) is 0 Å². The van der Waals surface area contributed by atoms with Crippen LogP contribution in [0.1, 0.15) is 21.6 Å². The number of nitrogens with one attached hydrogen (secondary N) is 1. The number of carbonyl (C=O) groups excluding carboxylic acids is 1. The molecule has 6 nitrogen and oxygen atoms in total. The van der Waals surface area contributed by atoms with E-state index < -0.39 is 0 Å². The molecule has 0 saturated carbocycles. The fourth-order valence-corrected chi connectivity index (χ4v) is 2.20. The second-order valence-electron chi connectivity index (χ2n) is 4.80. The fraction of sp³-hybridized carbons (Fsp3) is 0.125. The van der Waals surface area contributed by atoms with Gasteiger partial charge in [-0.15, -0.1) is 0 Å². The van der Waals surface area contributed by atoms with Crippen molar-refractivity contribution in [3.05, 3.63) is 72.3 Å². The lowest BCUT2D eigenvalue weighted by Crippen LogP contribution is -2.24. The number of imidazole rings is 1. The Bertz CT molecular complexity index is 783. The van der Waals surface area contributed by atoms with E-state index in [4.69, 9.17) is 0 Å². The van der Waals surface area contributed by atoms with Crippen LogP contribution in [0.2, 0.25) is 0 Å². The van der Waals surface area contributed by atoms with Gasteiger partial charge in [-0.2, -0.15) is 0 Å². The summed E-state index contributed by atoms with van der Waals surface area (Å²) in [6.45, 7) is 2.21. The first-order chi connectivity index (χ1) is 10.8. The number of nitrogens with zero attached hydrogens (tertiary/aromatic N) is 4. The number of amides is 1. The number of benzene rings is 1. The number of hydrogen-bond acceptors (Lipinski definition) is 4. The van der Waals surface area contributed by atoms with Gasteiger partial charge in [0.1, 0.15) is 6.33 Å². The molecule has 0 aliphatic carbocycles.